The van der Waals surface area contributed by atoms with Crippen LogP contribution in [0.5, 0.6) is 5.88 Å². The van der Waals surface area contributed by atoms with Gasteiger partial charge in [0, 0.05) is 10.6 Å². The number of ether oxygens (including phenoxy) is 1. The second-order valence-corrected chi connectivity index (χ2v) is 10.3. The first-order valence-electron chi connectivity index (χ1n) is 10.2. The highest BCUT2D eigenvalue weighted by Crippen LogP contribution is 2.53. The summed E-state index contributed by atoms with van der Waals surface area (Å²) >= 11 is 7.78. The number of aryl methyl sites for hydroxylation is 1. The van der Waals surface area contributed by atoms with Crippen molar-refractivity contribution < 1.29 is 4.74 Å². The van der Waals surface area contributed by atoms with Gasteiger partial charge in [-0.2, -0.15) is 5.26 Å². The average molecular weight is 453 g/mol. The Labute approximate surface area is 191 Å². The standard InChI is InChI=1S/C24H25ClN4OS/c1-12(2)15-8-16(19-6-7-20(25)31-19)10-17(9-15)24(13(3)4)18(11-26)22(27)30-23-21(24)14(5)28-29-23/h6-10,12-13H,27H2,1-5H3,(H,28,29). The molecule has 7 heteroatoms. The molecule has 3 aromatic rings. The largest absolute Gasteiger partial charge is 0.420 e. The summed E-state index contributed by atoms with van der Waals surface area (Å²) in [4.78, 5) is 1.08. The molecule has 0 fully saturated rings. The molecule has 1 aliphatic rings. The lowest BCUT2D eigenvalue weighted by Crippen LogP contribution is -2.41. The molecule has 1 aromatic carbocycles. The van der Waals surface area contributed by atoms with Crippen molar-refractivity contribution in [3.63, 3.8) is 0 Å². The number of nitrogens with zero attached hydrogens (tertiary/aromatic N) is 2. The van der Waals surface area contributed by atoms with E-state index in [0.29, 0.717) is 17.4 Å². The number of H-pyrrole nitrogens is 1. The van der Waals surface area contributed by atoms with Crippen LogP contribution in [0.15, 0.2) is 41.8 Å². The summed E-state index contributed by atoms with van der Waals surface area (Å²) in [5.41, 5.74) is 10.9. The van der Waals surface area contributed by atoms with Crippen molar-refractivity contribution in [2.45, 2.75) is 46.0 Å². The van der Waals surface area contributed by atoms with Gasteiger partial charge >= 0.3 is 0 Å². The topological polar surface area (TPSA) is 87.7 Å². The van der Waals surface area contributed by atoms with Crippen molar-refractivity contribution in [2.75, 3.05) is 0 Å². The SMILES string of the molecule is Cc1[nH]nc2c1C(c1cc(-c3ccc(Cl)s3)cc(C(C)C)c1)(C(C)C)C(C#N)=C(N)O2. The molecular formula is C24H25ClN4OS. The third-order valence-corrected chi connectivity index (χ3v) is 7.35. The zero-order valence-corrected chi connectivity index (χ0v) is 19.8. The predicted molar refractivity (Wildman–Crippen MR) is 125 cm³/mol. The molecule has 0 saturated heterocycles. The van der Waals surface area contributed by atoms with E-state index >= 15 is 0 Å². The Morgan fingerprint density at radius 3 is 2.55 bits per heavy atom. The van der Waals surface area contributed by atoms with E-state index in [4.69, 9.17) is 22.1 Å². The van der Waals surface area contributed by atoms with Gasteiger partial charge in [-0.1, -0.05) is 51.4 Å². The lowest BCUT2D eigenvalue weighted by molar-refractivity contribution is 0.323. The first kappa shape index (κ1) is 21.5. The monoisotopic (exact) mass is 452 g/mol. The van der Waals surface area contributed by atoms with Gasteiger partial charge < -0.3 is 10.5 Å². The van der Waals surface area contributed by atoms with Gasteiger partial charge in [-0.15, -0.1) is 16.4 Å². The van der Waals surface area contributed by atoms with Crippen LogP contribution >= 0.6 is 22.9 Å². The number of allylic oxidation sites excluding steroid dienone is 1. The molecule has 1 atom stereocenters. The lowest BCUT2D eigenvalue weighted by Gasteiger charge is -2.41. The number of aromatic amines is 1. The van der Waals surface area contributed by atoms with E-state index in [0.717, 1.165) is 31.6 Å². The van der Waals surface area contributed by atoms with Crippen LogP contribution in [0.2, 0.25) is 4.34 Å². The molecule has 1 unspecified atom stereocenters. The number of thiophene rings is 1. The second kappa shape index (κ2) is 7.74. The van der Waals surface area contributed by atoms with E-state index in [2.05, 4.69) is 62.2 Å². The summed E-state index contributed by atoms with van der Waals surface area (Å²) in [5, 5.41) is 17.6. The van der Waals surface area contributed by atoms with Gasteiger partial charge in [0.1, 0.15) is 11.6 Å². The van der Waals surface area contributed by atoms with E-state index < -0.39 is 5.41 Å². The maximum atomic E-state index is 10.2. The van der Waals surface area contributed by atoms with E-state index in [1.165, 1.54) is 5.56 Å². The van der Waals surface area contributed by atoms with Crippen molar-refractivity contribution in [1.82, 2.24) is 10.2 Å². The summed E-state index contributed by atoms with van der Waals surface area (Å²) in [6.07, 6.45) is 0. The van der Waals surface area contributed by atoms with Crippen LogP contribution in [0.4, 0.5) is 0 Å². The van der Waals surface area contributed by atoms with Crippen LogP contribution in [0.1, 0.15) is 56.0 Å². The second-order valence-electron chi connectivity index (χ2n) is 8.55. The van der Waals surface area contributed by atoms with Crippen LogP contribution in [0.25, 0.3) is 10.4 Å². The zero-order chi connectivity index (χ0) is 22.5. The molecule has 0 bridgehead atoms. The first-order valence-corrected chi connectivity index (χ1v) is 11.4. The highest BCUT2D eigenvalue weighted by molar-refractivity contribution is 7.19. The van der Waals surface area contributed by atoms with Gasteiger partial charge in [-0.05, 0) is 53.6 Å². The van der Waals surface area contributed by atoms with Gasteiger partial charge in [0.25, 0.3) is 0 Å². The third-order valence-electron chi connectivity index (χ3n) is 6.07. The van der Waals surface area contributed by atoms with Gasteiger partial charge in [0.15, 0.2) is 0 Å². The zero-order valence-electron chi connectivity index (χ0n) is 18.2. The Balaban J connectivity index is 2.12. The van der Waals surface area contributed by atoms with Gasteiger partial charge in [-0.3, -0.25) is 5.10 Å². The smallest absolute Gasteiger partial charge is 0.244 e. The van der Waals surface area contributed by atoms with Crippen molar-refractivity contribution in [1.29, 1.82) is 5.26 Å². The summed E-state index contributed by atoms with van der Waals surface area (Å²) in [6.45, 7) is 10.5. The minimum atomic E-state index is -0.787. The van der Waals surface area contributed by atoms with Crippen LogP contribution in [0.3, 0.4) is 0 Å². The molecule has 0 amide bonds. The molecule has 0 saturated carbocycles. The highest BCUT2D eigenvalue weighted by atomic mass is 35.5. The maximum Gasteiger partial charge on any atom is 0.244 e. The number of nitriles is 1. The van der Waals surface area contributed by atoms with Crippen LogP contribution < -0.4 is 10.5 Å². The Morgan fingerprint density at radius 2 is 1.97 bits per heavy atom. The van der Waals surface area contributed by atoms with Crippen LogP contribution in [-0.4, -0.2) is 10.2 Å². The van der Waals surface area contributed by atoms with E-state index in [9.17, 15) is 5.26 Å². The van der Waals surface area contributed by atoms with E-state index in [1.807, 2.05) is 19.1 Å². The lowest BCUT2D eigenvalue weighted by atomic mass is 9.61. The molecule has 31 heavy (non-hydrogen) atoms. The number of nitrogens with one attached hydrogen (secondary N) is 1. The van der Waals surface area contributed by atoms with Crippen molar-refractivity contribution >= 4 is 22.9 Å². The number of rotatable bonds is 4. The maximum absolute atomic E-state index is 10.2. The number of halogens is 1. The van der Waals surface area contributed by atoms with Gasteiger partial charge in [0.2, 0.25) is 11.8 Å². The molecule has 3 heterocycles. The van der Waals surface area contributed by atoms with Crippen molar-refractivity contribution in [3.05, 3.63) is 68.5 Å². The van der Waals surface area contributed by atoms with Crippen LogP contribution in [0, 0.1) is 24.2 Å². The minimum Gasteiger partial charge on any atom is -0.420 e. The first-order chi connectivity index (χ1) is 14.7. The Morgan fingerprint density at radius 1 is 1.23 bits per heavy atom. The molecule has 4 rings (SSSR count). The molecule has 160 valence electrons. The Hall–Kier alpha value is -2.75. The van der Waals surface area contributed by atoms with Crippen molar-refractivity contribution in [3.8, 4) is 22.4 Å². The number of aromatic nitrogens is 2. The summed E-state index contributed by atoms with van der Waals surface area (Å²) in [6, 6.07) is 12.9. The summed E-state index contributed by atoms with van der Waals surface area (Å²) in [5.74, 6) is 0.848. The third kappa shape index (κ3) is 3.24. The predicted octanol–water partition coefficient (Wildman–Crippen LogP) is 6.25. The number of hydrogen-bond donors (Lipinski definition) is 2. The van der Waals surface area contributed by atoms with E-state index in [1.54, 1.807) is 11.3 Å². The molecule has 5 nitrogen and oxygen atoms in total. The summed E-state index contributed by atoms with van der Waals surface area (Å²) < 4.78 is 6.50. The molecule has 0 aliphatic carbocycles. The average Bonchev–Trinajstić information content (AvgIpc) is 3.32. The fourth-order valence-electron chi connectivity index (χ4n) is 4.59. The fourth-order valence-corrected chi connectivity index (χ4v) is 5.62. The van der Waals surface area contributed by atoms with Crippen LogP contribution in [-0.2, 0) is 5.41 Å². The van der Waals surface area contributed by atoms with Gasteiger partial charge in [0.05, 0.1) is 15.3 Å². The Bertz CT molecular complexity index is 1230. The number of nitrogens with two attached hydrogens (primary N) is 1. The minimum absolute atomic E-state index is 0.0156. The highest BCUT2D eigenvalue weighted by Gasteiger charge is 2.50. The Kier molecular flexibility index (Phi) is 5.36. The normalized spacial score (nSPS) is 18.3. The molecule has 1 aliphatic heterocycles. The molecule has 0 spiro atoms. The quantitative estimate of drug-likeness (QED) is 0.489. The molecule has 3 N–H and O–H groups in total. The molecular weight excluding hydrogens is 428 g/mol. The van der Waals surface area contributed by atoms with Crippen molar-refractivity contribution in [2.24, 2.45) is 11.7 Å². The molecule has 0 radical (unpaired) electrons. The summed E-state index contributed by atoms with van der Waals surface area (Å²) in [7, 11) is 0. The fraction of sp³-hybridized carbons (Fsp3) is 0.333. The number of fused-ring (bicyclic) bond motifs is 1. The van der Waals surface area contributed by atoms with E-state index in [-0.39, 0.29) is 11.8 Å². The number of benzene rings is 1. The number of hydrogen-bond acceptors (Lipinski definition) is 5. The molecule has 2 aromatic heterocycles. The van der Waals surface area contributed by atoms with Gasteiger partial charge in [-0.25, -0.2) is 0 Å².